The van der Waals surface area contributed by atoms with Crippen molar-refractivity contribution in [3.8, 4) is 5.75 Å². The molecule has 76 valence electrons. The van der Waals surface area contributed by atoms with Crippen LogP contribution in [0.5, 0.6) is 5.75 Å². The van der Waals surface area contributed by atoms with Crippen LogP contribution in [-0.4, -0.2) is 13.2 Å². The van der Waals surface area contributed by atoms with Gasteiger partial charge in [-0.15, -0.1) is 0 Å². The lowest BCUT2D eigenvalue weighted by molar-refractivity contribution is 0.333. The van der Waals surface area contributed by atoms with Crippen LogP contribution in [0.25, 0.3) is 0 Å². The SMILES string of the molecule is CCOc1ccccc1C1(CN)CC1. The molecule has 2 heteroatoms. The molecule has 14 heavy (non-hydrogen) atoms. The average molecular weight is 191 g/mol. The Balaban J connectivity index is 2.32. The Kier molecular flexibility index (Phi) is 2.46. The lowest BCUT2D eigenvalue weighted by Crippen LogP contribution is -2.20. The van der Waals surface area contributed by atoms with E-state index in [-0.39, 0.29) is 5.41 Å². The molecule has 0 atom stereocenters. The summed E-state index contributed by atoms with van der Waals surface area (Å²) in [5.74, 6) is 1.01. The Bertz CT molecular complexity index is 318. The Morgan fingerprint density at radius 3 is 2.64 bits per heavy atom. The van der Waals surface area contributed by atoms with Crippen LogP contribution >= 0.6 is 0 Å². The molecule has 0 heterocycles. The minimum atomic E-state index is 0.228. The molecular weight excluding hydrogens is 174 g/mol. The van der Waals surface area contributed by atoms with Gasteiger partial charge in [0.05, 0.1) is 6.61 Å². The van der Waals surface area contributed by atoms with Gasteiger partial charge in [0.15, 0.2) is 0 Å². The topological polar surface area (TPSA) is 35.2 Å². The van der Waals surface area contributed by atoms with Crippen molar-refractivity contribution in [2.45, 2.75) is 25.2 Å². The Morgan fingerprint density at radius 1 is 1.36 bits per heavy atom. The van der Waals surface area contributed by atoms with Gasteiger partial charge in [-0.1, -0.05) is 18.2 Å². The minimum Gasteiger partial charge on any atom is -0.494 e. The summed E-state index contributed by atoms with van der Waals surface area (Å²) in [5, 5.41) is 0. The van der Waals surface area contributed by atoms with Crippen molar-refractivity contribution < 1.29 is 4.74 Å². The fourth-order valence-corrected chi connectivity index (χ4v) is 1.92. The highest BCUT2D eigenvalue weighted by molar-refractivity contribution is 5.43. The molecule has 1 saturated carbocycles. The van der Waals surface area contributed by atoms with E-state index < -0.39 is 0 Å². The van der Waals surface area contributed by atoms with E-state index in [9.17, 15) is 0 Å². The van der Waals surface area contributed by atoms with Gasteiger partial charge in [0, 0.05) is 17.5 Å². The predicted molar refractivity (Wildman–Crippen MR) is 57.6 cm³/mol. The number of ether oxygens (including phenoxy) is 1. The van der Waals surface area contributed by atoms with Crippen LogP contribution in [0.15, 0.2) is 24.3 Å². The molecule has 1 aromatic rings. The summed E-state index contributed by atoms with van der Waals surface area (Å²) < 4.78 is 5.61. The second kappa shape index (κ2) is 3.62. The number of hydrogen-bond donors (Lipinski definition) is 1. The molecule has 1 aliphatic rings. The minimum absolute atomic E-state index is 0.228. The van der Waals surface area contributed by atoms with Crippen LogP contribution in [0.3, 0.4) is 0 Å². The van der Waals surface area contributed by atoms with E-state index in [1.54, 1.807) is 0 Å². The van der Waals surface area contributed by atoms with Gasteiger partial charge >= 0.3 is 0 Å². The van der Waals surface area contributed by atoms with Crippen molar-refractivity contribution in [3.05, 3.63) is 29.8 Å². The largest absolute Gasteiger partial charge is 0.494 e. The van der Waals surface area contributed by atoms with Gasteiger partial charge in [-0.05, 0) is 25.8 Å². The molecular formula is C12H17NO. The van der Waals surface area contributed by atoms with E-state index in [1.165, 1.54) is 18.4 Å². The number of nitrogens with two attached hydrogens (primary N) is 1. The third-order valence-electron chi connectivity index (χ3n) is 3.00. The smallest absolute Gasteiger partial charge is 0.123 e. The van der Waals surface area contributed by atoms with Crippen molar-refractivity contribution in [1.82, 2.24) is 0 Å². The quantitative estimate of drug-likeness (QED) is 0.790. The van der Waals surface area contributed by atoms with E-state index in [2.05, 4.69) is 12.1 Å². The van der Waals surface area contributed by atoms with Crippen molar-refractivity contribution >= 4 is 0 Å². The number of rotatable bonds is 4. The van der Waals surface area contributed by atoms with Crippen LogP contribution in [0.2, 0.25) is 0 Å². The molecule has 2 N–H and O–H groups in total. The zero-order valence-corrected chi connectivity index (χ0v) is 8.62. The monoisotopic (exact) mass is 191 g/mol. The second-order valence-electron chi connectivity index (χ2n) is 3.91. The van der Waals surface area contributed by atoms with E-state index in [4.69, 9.17) is 10.5 Å². The highest BCUT2D eigenvalue weighted by Gasteiger charge is 2.44. The van der Waals surface area contributed by atoms with Gasteiger partial charge in [-0.3, -0.25) is 0 Å². The lowest BCUT2D eigenvalue weighted by Gasteiger charge is -2.17. The third-order valence-corrected chi connectivity index (χ3v) is 3.00. The summed E-state index contributed by atoms with van der Waals surface area (Å²) in [6.45, 7) is 3.47. The lowest BCUT2D eigenvalue weighted by atomic mass is 9.95. The fourth-order valence-electron chi connectivity index (χ4n) is 1.92. The van der Waals surface area contributed by atoms with Crippen LogP contribution in [0.4, 0.5) is 0 Å². The summed E-state index contributed by atoms with van der Waals surface area (Å²) >= 11 is 0. The van der Waals surface area contributed by atoms with Crippen LogP contribution < -0.4 is 10.5 Å². The summed E-state index contributed by atoms with van der Waals surface area (Å²) in [4.78, 5) is 0. The Hall–Kier alpha value is -1.02. The van der Waals surface area contributed by atoms with Crippen molar-refractivity contribution in [3.63, 3.8) is 0 Å². The first-order chi connectivity index (χ1) is 6.82. The van der Waals surface area contributed by atoms with E-state index in [1.807, 2.05) is 19.1 Å². The molecule has 0 aliphatic heterocycles. The standard InChI is InChI=1S/C12H17NO/c1-2-14-11-6-4-3-5-10(11)12(9-13)7-8-12/h3-6H,2,7-9,13H2,1H3. The van der Waals surface area contributed by atoms with E-state index in [0.29, 0.717) is 0 Å². The van der Waals surface area contributed by atoms with Gasteiger partial charge in [-0.2, -0.15) is 0 Å². The van der Waals surface area contributed by atoms with Gasteiger partial charge < -0.3 is 10.5 Å². The molecule has 1 fully saturated rings. The first-order valence-corrected chi connectivity index (χ1v) is 5.25. The normalized spacial score (nSPS) is 17.9. The molecule has 0 saturated heterocycles. The highest BCUT2D eigenvalue weighted by atomic mass is 16.5. The molecule has 2 nitrogen and oxygen atoms in total. The maximum atomic E-state index is 5.81. The predicted octanol–water partition coefficient (Wildman–Crippen LogP) is 2.08. The van der Waals surface area contributed by atoms with Gasteiger partial charge in [-0.25, -0.2) is 0 Å². The molecule has 1 aromatic carbocycles. The van der Waals surface area contributed by atoms with Crippen LogP contribution in [0, 0.1) is 0 Å². The maximum absolute atomic E-state index is 5.81. The first kappa shape index (κ1) is 9.53. The average Bonchev–Trinajstić information content (AvgIpc) is 3.00. The van der Waals surface area contributed by atoms with Crippen LogP contribution in [0.1, 0.15) is 25.3 Å². The van der Waals surface area contributed by atoms with Crippen molar-refractivity contribution in [2.75, 3.05) is 13.2 Å². The van der Waals surface area contributed by atoms with Crippen LogP contribution in [-0.2, 0) is 5.41 Å². The first-order valence-electron chi connectivity index (χ1n) is 5.25. The summed E-state index contributed by atoms with van der Waals surface area (Å²) in [7, 11) is 0. The number of benzene rings is 1. The summed E-state index contributed by atoms with van der Waals surface area (Å²) in [6, 6.07) is 8.26. The Labute approximate surface area is 85.1 Å². The van der Waals surface area contributed by atoms with E-state index >= 15 is 0 Å². The fraction of sp³-hybridized carbons (Fsp3) is 0.500. The third kappa shape index (κ3) is 1.50. The molecule has 2 rings (SSSR count). The summed E-state index contributed by atoms with van der Waals surface area (Å²) in [5.41, 5.74) is 7.33. The van der Waals surface area contributed by atoms with Gasteiger partial charge in [0.25, 0.3) is 0 Å². The van der Waals surface area contributed by atoms with Crippen molar-refractivity contribution in [2.24, 2.45) is 5.73 Å². The van der Waals surface area contributed by atoms with Crippen molar-refractivity contribution in [1.29, 1.82) is 0 Å². The highest BCUT2D eigenvalue weighted by Crippen LogP contribution is 2.50. The number of para-hydroxylation sites is 1. The number of hydrogen-bond acceptors (Lipinski definition) is 2. The molecule has 1 aliphatic carbocycles. The summed E-state index contributed by atoms with van der Waals surface area (Å²) in [6.07, 6.45) is 2.40. The molecule has 0 bridgehead atoms. The second-order valence-corrected chi connectivity index (χ2v) is 3.91. The molecule has 0 radical (unpaired) electrons. The Morgan fingerprint density at radius 2 is 2.07 bits per heavy atom. The molecule has 0 aromatic heterocycles. The maximum Gasteiger partial charge on any atom is 0.123 e. The van der Waals surface area contributed by atoms with E-state index in [0.717, 1.165) is 18.9 Å². The van der Waals surface area contributed by atoms with Gasteiger partial charge in [0.1, 0.15) is 5.75 Å². The molecule has 0 spiro atoms. The molecule has 0 unspecified atom stereocenters. The van der Waals surface area contributed by atoms with Gasteiger partial charge in [0.2, 0.25) is 0 Å². The zero-order chi connectivity index (χ0) is 10.0. The zero-order valence-electron chi connectivity index (χ0n) is 8.62. The molecule has 0 amide bonds.